The van der Waals surface area contributed by atoms with Gasteiger partial charge in [0.2, 0.25) is 0 Å². The van der Waals surface area contributed by atoms with Crippen LogP contribution in [-0.4, -0.2) is 66.8 Å². The molecule has 0 unspecified atom stereocenters. The molecule has 1 aromatic rings. The molecule has 1 amide bonds. The maximum Gasteiger partial charge on any atom is 0.276 e. The van der Waals surface area contributed by atoms with Crippen LogP contribution in [0, 0.1) is 24.7 Å². The summed E-state index contributed by atoms with van der Waals surface area (Å²) < 4.78 is 11.4. The van der Waals surface area contributed by atoms with Crippen molar-refractivity contribution in [1.29, 1.82) is 0 Å². The molecule has 6 heteroatoms. The van der Waals surface area contributed by atoms with Gasteiger partial charge in [-0.2, -0.15) is 0 Å². The van der Waals surface area contributed by atoms with Crippen molar-refractivity contribution < 1.29 is 14.1 Å². The van der Waals surface area contributed by atoms with Crippen LogP contribution in [0.25, 0.3) is 0 Å². The quantitative estimate of drug-likeness (QED) is 0.817. The summed E-state index contributed by atoms with van der Waals surface area (Å²) in [6.07, 6.45) is 5.10. The van der Waals surface area contributed by atoms with Gasteiger partial charge in [-0.1, -0.05) is 5.16 Å². The van der Waals surface area contributed by atoms with E-state index in [4.69, 9.17) is 9.26 Å². The van der Waals surface area contributed by atoms with Gasteiger partial charge in [0.1, 0.15) is 5.76 Å². The van der Waals surface area contributed by atoms with Crippen LogP contribution in [-0.2, 0) is 4.74 Å². The summed E-state index contributed by atoms with van der Waals surface area (Å²) in [5.74, 6) is 2.57. The van der Waals surface area contributed by atoms with E-state index in [-0.39, 0.29) is 5.91 Å². The van der Waals surface area contributed by atoms with Crippen LogP contribution >= 0.6 is 0 Å². The molecule has 0 spiro atoms. The second-order valence-electron chi connectivity index (χ2n) is 8.37. The third kappa shape index (κ3) is 3.60. The van der Waals surface area contributed by atoms with Gasteiger partial charge in [0.05, 0.1) is 6.10 Å². The van der Waals surface area contributed by atoms with Crippen molar-refractivity contribution in [3.05, 3.63) is 17.5 Å². The molecule has 1 aliphatic heterocycles. The van der Waals surface area contributed by atoms with E-state index in [0.717, 1.165) is 38.5 Å². The van der Waals surface area contributed by atoms with Crippen LogP contribution in [0.5, 0.6) is 0 Å². The van der Waals surface area contributed by atoms with E-state index >= 15 is 0 Å². The lowest BCUT2D eigenvalue weighted by molar-refractivity contribution is -0.0493. The highest BCUT2D eigenvalue weighted by Crippen LogP contribution is 2.40. The number of aryl methyl sites for hydroxylation is 1. The number of fused-ring (bicyclic) bond motifs is 1. The lowest BCUT2D eigenvalue weighted by Gasteiger charge is -2.41. The van der Waals surface area contributed by atoms with Gasteiger partial charge in [-0.15, -0.1) is 0 Å². The van der Waals surface area contributed by atoms with Crippen LogP contribution in [0.2, 0.25) is 0 Å². The van der Waals surface area contributed by atoms with Crippen LogP contribution in [0.4, 0.5) is 0 Å². The van der Waals surface area contributed by atoms with Crippen molar-refractivity contribution in [3.8, 4) is 0 Å². The fraction of sp³-hybridized carbons (Fsp3) is 0.789. The SMILES string of the molecule is Cc1cc(C(=O)N2C[C@H]3C[C@@H](N(C)C)[C@H](OCC4CC4)C[C@H]3C2)no1. The minimum atomic E-state index is 0.00287. The molecule has 0 N–H and O–H groups in total. The maximum absolute atomic E-state index is 12.7. The Kier molecular flexibility index (Phi) is 4.58. The van der Waals surface area contributed by atoms with Gasteiger partial charge < -0.3 is 19.1 Å². The Hall–Kier alpha value is -1.40. The van der Waals surface area contributed by atoms with E-state index < -0.39 is 0 Å². The molecule has 2 saturated carbocycles. The minimum absolute atomic E-state index is 0.00287. The Balaban J connectivity index is 1.41. The molecule has 0 bridgehead atoms. The van der Waals surface area contributed by atoms with Crippen molar-refractivity contribution in [2.24, 2.45) is 17.8 Å². The molecule has 4 rings (SSSR count). The Morgan fingerprint density at radius 3 is 2.64 bits per heavy atom. The molecule has 25 heavy (non-hydrogen) atoms. The Labute approximate surface area is 149 Å². The normalized spacial score (nSPS) is 32.2. The van der Waals surface area contributed by atoms with Crippen LogP contribution in [0.15, 0.2) is 10.6 Å². The van der Waals surface area contributed by atoms with Gasteiger partial charge in [-0.3, -0.25) is 4.79 Å². The maximum atomic E-state index is 12.7. The molecular weight excluding hydrogens is 318 g/mol. The molecule has 4 atom stereocenters. The summed E-state index contributed by atoms with van der Waals surface area (Å²) in [4.78, 5) is 17.0. The highest BCUT2D eigenvalue weighted by atomic mass is 16.5. The number of carbonyl (C=O) groups is 1. The van der Waals surface area contributed by atoms with Gasteiger partial charge in [-0.05, 0) is 64.5 Å². The zero-order chi connectivity index (χ0) is 17.6. The average molecular weight is 347 g/mol. The lowest BCUT2D eigenvalue weighted by Crippen LogP contribution is -2.48. The summed E-state index contributed by atoms with van der Waals surface area (Å²) in [6.45, 7) is 4.37. The number of aromatic nitrogens is 1. The van der Waals surface area contributed by atoms with E-state index in [1.54, 1.807) is 6.07 Å². The molecule has 2 heterocycles. The first-order valence-corrected chi connectivity index (χ1v) is 9.52. The number of likely N-dealkylation sites (N-methyl/N-ethyl adjacent to an activating group) is 1. The molecule has 2 aliphatic carbocycles. The van der Waals surface area contributed by atoms with Crippen molar-refractivity contribution >= 4 is 5.91 Å². The second-order valence-corrected chi connectivity index (χ2v) is 8.37. The van der Waals surface area contributed by atoms with Crippen LogP contribution in [0.1, 0.15) is 41.9 Å². The zero-order valence-electron chi connectivity index (χ0n) is 15.5. The first-order chi connectivity index (χ1) is 12.0. The fourth-order valence-electron chi connectivity index (χ4n) is 4.45. The fourth-order valence-corrected chi connectivity index (χ4v) is 4.45. The van der Waals surface area contributed by atoms with Gasteiger partial charge in [0, 0.05) is 31.8 Å². The van der Waals surface area contributed by atoms with E-state index in [2.05, 4.69) is 24.2 Å². The highest BCUT2D eigenvalue weighted by molar-refractivity contribution is 5.92. The predicted octanol–water partition coefficient (Wildman–Crippen LogP) is 2.19. The number of hydrogen-bond donors (Lipinski definition) is 0. The molecule has 0 radical (unpaired) electrons. The predicted molar refractivity (Wildman–Crippen MR) is 93.3 cm³/mol. The van der Waals surface area contributed by atoms with E-state index in [1.165, 1.54) is 12.8 Å². The third-order valence-corrected chi connectivity index (χ3v) is 6.13. The smallest absolute Gasteiger partial charge is 0.276 e. The Morgan fingerprint density at radius 1 is 1.32 bits per heavy atom. The van der Waals surface area contributed by atoms with Crippen LogP contribution < -0.4 is 0 Å². The van der Waals surface area contributed by atoms with Crippen molar-refractivity contribution in [3.63, 3.8) is 0 Å². The van der Waals surface area contributed by atoms with Gasteiger partial charge in [-0.25, -0.2) is 0 Å². The van der Waals surface area contributed by atoms with Gasteiger partial charge in [0.15, 0.2) is 5.69 Å². The number of nitrogens with zero attached hydrogens (tertiary/aromatic N) is 3. The van der Waals surface area contributed by atoms with Crippen molar-refractivity contribution in [2.45, 2.75) is 44.8 Å². The molecule has 3 fully saturated rings. The van der Waals surface area contributed by atoms with Crippen molar-refractivity contribution in [1.82, 2.24) is 15.0 Å². The summed E-state index contributed by atoms with van der Waals surface area (Å²) in [6, 6.07) is 2.18. The second kappa shape index (κ2) is 6.72. The van der Waals surface area contributed by atoms with E-state index in [1.807, 2.05) is 11.8 Å². The average Bonchev–Trinajstić information content (AvgIpc) is 3.16. The summed E-state index contributed by atoms with van der Waals surface area (Å²) in [5, 5.41) is 3.89. The summed E-state index contributed by atoms with van der Waals surface area (Å²) in [5.41, 5.74) is 0.432. The zero-order valence-corrected chi connectivity index (χ0v) is 15.5. The first-order valence-electron chi connectivity index (χ1n) is 9.52. The van der Waals surface area contributed by atoms with E-state index in [0.29, 0.717) is 35.4 Å². The first kappa shape index (κ1) is 17.0. The summed E-state index contributed by atoms with van der Waals surface area (Å²) in [7, 11) is 4.29. The summed E-state index contributed by atoms with van der Waals surface area (Å²) >= 11 is 0. The number of likely N-dealkylation sites (tertiary alicyclic amines) is 1. The molecule has 138 valence electrons. The largest absolute Gasteiger partial charge is 0.376 e. The minimum Gasteiger partial charge on any atom is -0.376 e. The molecule has 1 aromatic heterocycles. The molecule has 1 saturated heterocycles. The molecule has 3 aliphatic rings. The lowest BCUT2D eigenvalue weighted by atomic mass is 9.77. The van der Waals surface area contributed by atoms with Crippen molar-refractivity contribution in [2.75, 3.05) is 33.8 Å². The number of carbonyl (C=O) groups excluding carboxylic acids is 1. The Bertz CT molecular complexity index is 625. The molecule has 0 aromatic carbocycles. The Morgan fingerprint density at radius 2 is 2.04 bits per heavy atom. The standard InChI is InChI=1S/C19H29N3O3/c1-12-6-16(20-25-12)19(23)22-9-14-7-17(21(2)3)18(8-15(14)10-22)24-11-13-4-5-13/h6,13-15,17-18H,4-5,7-11H2,1-3H3/t14-,15+,17-,18-/m1/s1. The van der Waals surface area contributed by atoms with E-state index in [9.17, 15) is 4.79 Å². The highest BCUT2D eigenvalue weighted by Gasteiger charge is 2.45. The topological polar surface area (TPSA) is 58.8 Å². The van der Waals surface area contributed by atoms with Gasteiger partial charge in [0.25, 0.3) is 5.91 Å². The molecule has 6 nitrogen and oxygen atoms in total. The monoisotopic (exact) mass is 347 g/mol. The number of amides is 1. The third-order valence-electron chi connectivity index (χ3n) is 6.13. The number of ether oxygens (including phenoxy) is 1. The number of rotatable bonds is 5. The van der Waals surface area contributed by atoms with Gasteiger partial charge >= 0.3 is 0 Å². The number of hydrogen-bond acceptors (Lipinski definition) is 5. The van der Waals surface area contributed by atoms with Crippen LogP contribution in [0.3, 0.4) is 0 Å². The molecular formula is C19H29N3O3.